The van der Waals surface area contributed by atoms with Gasteiger partial charge in [-0.3, -0.25) is 9.59 Å². The third kappa shape index (κ3) is 4.69. The molecule has 1 aromatic carbocycles. The van der Waals surface area contributed by atoms with Crippen LogP contribution in [0.25, 0.3) is 6.08 Å². The van der Waals surface area contributed by atoms with Gasteiger partial charge in [0.15, 0.2) is 0 Å². The molecule has 2 aliphatic rings. The van der Waals surface area contributed by atoms with E-state index in [1.54, 1.807) is 18.0 Å². The van der Waals surface area contributed by atoms with Gasteiger partial charge in [-0.05, 0) is 37.0 Å². The fourth-order valence-corrected chi connectivity index (χ4v) is 5.31. The van der Waals surface area contributed by atoms with Gasteiger partial charge in [0.2, 0.25) is 5.91 Å². The highest BCUT2D eigenvalue weighted by Gasteiger charge is 2.51. The number of nitrogens with zero attached hydrogens (tertiary/aromatic N) is 3. The Kier molecular flexibility index (Phi) is 6.76. The molecule has 0 aliphatic carbocycles. The summed E-state index contributed by atoms with van der Waals surface area (Å²) in [5, 5.41) is 0.747. The summed E-state index contributed by atoms with van der Waals surface area (Å²) < 4.78 is 0. The summed E-state index contributed by atoms with van der Waals surface area (Å²) in [6.45, 7) is 4.89. The fraction of sp³-hybridized carbons (Fsp3) is 0.400. The van der Waals surface area contributed by atoms with Crippen molar-refractivity contribution < 1.29 is 9.59 Å². The Labute approximate surface area is 188 Å². The number of hydrogen-bond acceptors (Lipinski definition) is 4. The molecule has 0 saturated carbocycles. The minimum atomic E-state index is -0.376. The van der Waals surface area contributed by atoms with Crippen LogP contribution in [0.3, 0.4) is 0 Å². The number of thioether (sulfide) groups is 1. The summed E-state index contributed by atoms with van der Waals surface area (Å²) in [7, 11) is 0. The maximum Gasteiger partial charge on any atom is 0.256 e. The number of benzene rings is 1. The molecule has 3 heterocycles. The highest BCUT2D eigenvalue weighted by molar-refractivity contribution is 7.99. The lowest BCUT2D eigenvalue weighted by atomic mass is 9.85. The van der Waals surface area contributed by atoms with Crippen molar-refractivity contribution in [1.82, 2.24) is 14.8 Å². The summed E-state index contributed by atoms with van der Waals surface area (Å²) in [5.41, 5.74) is 1.41. The molecular formula is C25H29N3O2S. The summed E-state index contributed by atoms with van der Waals surface area (Å²) in [5.74, 6) is 0.957. The lowest BCUT2D eigenvalue weighted by Gasteiger charge is -2.23. The Morgan fingerprint density at radius 3 is 2.77 bits per heavy atom. The maximum atomic E-state index is 13.3. The normalized spacial score (nSPS) is 21.0. The van der Waals surface area contributed by atoms with Gasteiger partial charge in [0.25, 0.3) is 5.91 Å². The van der Waals surface area contributed by atoms with Crippen molar-refractivity contribution >= 4 is 29.7 Å². The van der Waals surface area contributed by atoms with E-state index in [0.29, 0.717) is 18.7 Å². The van der Waals surface area contributed by atoms with Crippen LogP contribution in [-0.4, -0.2) is 58.5 Å². The van der Waals surface area contributed by atoms with E-state index in [0.717, 1.165) is 48.7 Å². The van der Waals surface area contributed by atoms with E-state index in [1.807, 2.05) is 40.1 Å². The third-order valence-corrected chi connectivity index (χ3v) is 7.12. The first kappa shape index (κ1) is 21.6. The standard InChI is InChI=1S/C25H29N3O2S/c1-2-15-27-16-12-25(24(27)30)13-17-28(19-25)23(29)21-11-6-14-26-22(21)31-18-7-10-20-8-4-3-5-9-20/h3-11,14H,2,12-13,15-19H2,1H3/b10-7+. The highest BCUT2D eigenvalue weighted by Crippen LogP contribution is 2.41. The summed E-state index contributed by atoms with van der Waals surface area (Å²) in [4.78, 5) is 34.5. The van der Waals surface area contributed by atoms with E-state index in [1.165, 1.54) is 0 Å². The Morgan fingerprint density at radius 2 is 1.97 bits per heavy atom. The predicted molar refractivity (Wildman–Crippen MR) is 125 cm³/mol. The van der Waals surface area contributed by atoms with Crippen molar-refractivity contribution in [3.05, 3.63) is 65.9 Å². The van der Waals surface area contributed by atoms with Gasteiger partial charge >= 0.3 is 0 Å². The first-order valence-electron chi connectivity index (χ1n) is 11.0. The average molecular weight is 436 g/mol. The molecule has 1 spiro atoms. The smallest absolute Gasteiger partial charge is 0.256 e. The number of pyridine rings is 1. The minimum Gasteiger partial charge on any atom is -0.342 e. The lowest BCUT2D eigenvalue weighted by molar-refractivity contribution is -0.135. The van der Waals surface area contributed by atoms with Crippen LogP contribution in [0.1, 0.15) is 42.1 Å². The van der Waals surface area contributed by atoms with Crippen molar-refractivity contribution in [2.75, 3.05) is 31.9 Å². The number of carbonyl (C=O) groups excluding carboxylic acids is 2. The van der Waals surface area contributed by atoms with Crippen LogP contribution in [0.5, 0.6) is 0 Å². The molecule has 31 heavy (non-hydrogen) atoms. The zero-order valence-electron chi connectivity index (χ0n) is 18.0. The van der Waals surface area contributed by atoms with E-state index >= 15 is 0 Å². The van der Waals surface area contributed by atoms with Gasteiger partial charge in [-0.2, -0.15) is 0 Å². The molecule has 162 valence electrons. The van der Waals surface area contributed by atoms with E-state index in [2.05, 4.69) is 36.2 Å². The molecule has 5 nitrogen and oxygen atoms in total. The monoisotopic (exact) mass is 435 g/mol. The van der Waals surface area contributed by atoms with E-state index in [4.69, 9.17) is 0 Å². The second-order valence-electron chi connectivity index (χ2n) is 8.28. The topological polar surface area (TPSA) is 53.5 Å². The Bertz CT molecular complexity index is 962. The lowest BCUT2D eigenvalue weighted by Crippen LogP contribution is -2.38. The van der Waals surface area contributed by atoms with Gasteiger partial charge in [0, 0.05) is 38.1 Å². The largest absolute Gasteiger partial charge is 0.342 e. The van der Waals surface area contributed by atoms with Gasteiger partial charge in [-0.25, -0.2) is 4.98 Å². The molecule has 2 aromatic rings. The number of amides is 2. The quantitative estimate of drug-likeness (QED) is 0.607. The predicted octanol–water partition coefficient (Wildman–Crippen LogP) is 4.36. The van der Waals surface area contributed by atoms with Gasteiger partial charge in [0.05, 0.1) is 11.0 Å². The average Bonchev–Trinajstić information content (AvgIpc) is 3.37. The van der Waals surface area contributed by atoms with Crippen LogP contribution < -0.4 is 0 Å². The van der Waals surface area contributed by atoms with Crippen LogP contribution in [0.15, 0.2) is 59.8 Å². The molecule has 2 fully saturated rings. The van der Waals surface area contributed by atoms with Crippen LogP contribution >= 0.6 is 11.8 Å². The first-order chi connectivity index (χ1) is 15.1. The number of aromatic nitrogens is 1. The molecule has 1 aromatic heterocycles. The number of hydrogen-bond donors (Lipinski definition) is 0. The maximum absolute atomic E-state index is 13.3. The SMILES string of the molecule is CCCN1CCC2(CCN(C(=O)c3cccnc3SC/C=C/c3ccccc3)C2)C1=O. The third-order valence-electron chi connectivity index (χ3n) is 6.16. The molecule has 1 atom stereocenters. The molecule has 4 rings (SSSR count). The molecular weight excluding hydrogens is 406 g/mol. The van der Waals surface area contributed by atoms with Crippen molar-refractivity contribution in [3.63, 3.8) is 0 Å². The zero-order valence-corrected chi connectivity index (χ0v) is 18.8. The molecule has 2 aliphatic heterocycles. The van der Waals surface area contributed by atoms with Crippen LogP contribution in [0, 0.1) is 5.41 Å². The fourth-order valence-electron chi connectivity index (χ4n) is 4.51. The molecule has 2 amide bonds. The minimum absolute atomic E-state index is 0.0127. The summed E-state index contributed by atoms with van der Waals surface area (Å²) in [6.07, 6.45) is 8.49. The van der Waals surface area contributed by atoms with Gasteiger partial charge < -0.3 is 9.80 Å². The molecule has 1 unspecified atom stereocenters. The number of likely N-dealkylation sites (tertiary alicyclic amines) is 2. The van der Waals surface area contributed by atoms with Gasteiger partial charge in [-0.15, -0.1) is 11.8 Å². The van der Waals surface area contributed by atoms with Crippen molar-refractivity contribution in [1.29, 1.82) is 0 Å². The van der Waals surface area contributed by atoms with E-state index in [9.17, 15) is 9.59 Å². The Morgan fingerprint density at radius 1 is 1.16 bits per heavy atom. The molecule has 0 bridgehead atoms. The van der Waals surface area contributed by atoms with E-state index in [-0.39, 0.29) is 17.2 Å². The van der Waals surface area contributed by atoms with Crippen LogP contribution in [0.2, 0.25) is 0 Å². The van der Waals surface area contributed by atoms with E-state index < -0.39 is 0 Å². The number of carbonyl (C=O) groups is 2. The molecule has 0 radical (unpaired) electrons. The van der Waals surface area contributed by atoms with Crippen molar-refractivity contribution in [3.8, 4) is 0 Å². The van der Waals surface area contributed by atoms with Crippen LogP contribution in [0.4, 0.5) is 0 Å². The summed E-state index contributed by atoms with van der Waals surface area (Å²) >= 11 is 1.56. The highest BCUT2D eigenvalue weighted by atomic mass is 32.2. The molecule has 0 N–H and O–H groups in total. The molecule has 6 heteroatoms. The molecule has 2 saturated heterocycles. The van der Waals surface area contributed by atoms with Crippen molar-refractivity contribution in [2.45, 2.75) is 31.2 Å². The number of rotatable bonds is 7. The Balaban J connectivity index is 1.40. The Hall–Kier alpha value is -2.60. The summed E-state index contributed by atoms with van der Waals surface area (Å²) in [6, 6.07) is 13.8. The van der Waals surface area contributed by atoms with Gasteiger partial charge in [-0.1, -0.05) is 49.4 Å². The second-order valence-corrected chi connectivity index (χ2v) is 9.29. The first-order valence-corrected chi connectivity index (χ1v) is 12.0. The van der Waals surface area contributed by atoms with Gasteiger partial charge in [0.1, 0.15) is 5.03 Å². The zero-order chi connectivity index (χ0) is 21.7. The second kappa shape index (κ2) is 9.69. The van der Waals surface area contributed by atoms with Crippen molar-refractivity contribution in [2.24, 2.45) is 5.41 Å². The van der Waals surface area contributed by atoms with Crippen LogP contribution in [-0.2, 0) is 4.79 Å².